The number of halogens is 2. The number of carbonyl (C=O) groups is 1. The minimum atomic E-state index is -0.501. The molecule has 1 amide bonds. The zero-order chi connectivity index (χ0) is 17.9. The Morgan fingerprint density at radius 1 is 1.28 bits per heavy atom. The third kappa shape index (κ3) is 2.24. The first-order valence-electron chi connectivity index (χ1n) is 7.99. The molecule has 0 bridgehead atoms. The van der Waals surface area contributed by atoms with Crippen LogP contribution in [-0.4, -0.2) is 20.3 Å². The highest BCUT2D eigenvalue weighted by atomic mass is 35.5. The van der Waals surface area contributed by atoms with Crippen molar-refractivity contribution in [3.63, 3.8) is 0 Å². The van der Waals surface area contributed by atoms with Gasteiger partial charge in [0.25, 0.3) is 5.91 Å². The van der Waals surface area contributed by atoms with Crippen LogP contribution in [0.25, 0.3) is 5.65 Å². The summed E-state index contributed by atoms with van der Waals surface area (Å²) in [4.78, 5) is 19.0. The van der Waals surface area contributed by atoms with E-state index in [0.717, 1.165) is 28.3 Å². The molecule has 0 saturated carbocycles. The molecule has 3 aromatic rings. The van der Waals surface area contributed by atoms with E-state index in [2.05, 4.69) is 4.98 Å². The second-order valence-corrected chi connectivity index (χ2v) is 6.70. The van der Waals surface area contributed by atoms with E-state index >= 15 is 0 Å². The Labute approximate surface area is 149 Å². The predicted octanol–water partition coefficient (Wildman–Crippen LogP) is 2.72. The second kappa shape index (κ2) is 5.52. The van der Waals surface area contributed by atoms with E-state index in [1.54, 1.807) is 17.0 Å². The molecule has 1 aliphatic rings. The van der Waals surface area contributed by atoms with Crippen LogP contribution in [0, 0.1) is 19.7 Å². The molecule has 0 saturated heterocycles. The standard InChI is InChI=1S/C18H17ClFN4O/c1-10-16(19)11(2)24-17(21-10)13-8-23(9-15(13)22(24)3)18(25)12-6-4-5-7-14(12)20/h4-7H,8-9H2,1-3H3/q+1. The number of hydrogen-bond donors (Lipinski definition) is 0. The monoisotopic (exact) mass is 359 g/mol. The topological polar surface area (TPSA) is 41.5 Å². The van der Waals surface area contributed by atoms with Crippen LogP contribution < -0.4 is 4.68 Å². The van der Waals surface area contributed by atoms with Gasteiger partial charge in [0.05, 0.1) is 28.4 Å². The van der Waals surface area contributed by atoms with Crippen LogP contribution in [0.15, 0.2) is 24.3 Å². The average Bonchev–Trinajstić information content (AvgIpc) is 3.13. The number of aryl methyl sites for hydroxylation is 3. The molecule has 0 radical (unpaired) electrons. The fourth-order valence-corrected chi connectivity index (χ4v) is 3.63. The molecule has 0 N–H and O–H groups in total. The van der Waals surface area contributed by atoms with Gasteiger partial charge in [-0.1, -0.05) is 23.7 Å². The lowest BCUT2D eigenvalue weighted by molar-refractivity contribution is -0.745. The largest absolute Gasteiger partial charge is 0.323 e. The van der Waals surface area contributed by atoms with E-state index in [1.165, 1.54) is 12.1 Å². The Balaban J connectivity index is 1.78. The van der Waals surface area contributed by atoms with Crippen molar-refractivity contribution in [2.75, 3.05) is 0 Å². The minimum absolute atomic E-state index is 0.0932. The maximum Gasteiger partial charge on any atom is 0.257 e. The summed E-state index contributed by atoms with van der Waals surface area (Å²) in [6, 6.07) is 6.06. The molecule has 0 fully saturated rings. The molecule has 1 aliphatic heterocycles. The molecule has 128 valence electrons. The van der Waals surface area contributed by atoms with Crippen molar-refractivity contribution in [1.29, 1.82) is 0 Å². The number of nitrogens with zero attached hydrogens (tertiary/aromatic N) is 4. The normalized spacial score (nSPS) is 13.6. The van der Waals surface area contributed by atoms with Crippen molar-refractivity contribution in [2.45, 2.75) is 26.9 Å². The van der Waals surface area contributed by atoms with Gasteiger partial charge in [0.2, 0.25) is 11.3 Å². The Morgan fingerprint density at radius 2 is 2.00 bits per heavy atom. The highest BCUT2D eigenvalue weighted by molar-refractivity contribution is 6.31. The third-order valence-corrected chi connectivity index (χ3v) is 5.36. The fraction of sp³-hybridized carbons (Fsp3) is 0.278. The van der Waals surface area contributed by atoms with Crippen LogP contribution in [0.1, 0.15) is 33.0 Å². The van der Waals surface area contributed by atoms with E-state index in [0.29, 0.717) is 18.1 Å². The maximum absolute atomic E-state index is 13.9. The van der Waals surface area contributed by atoms with Gasteiger partial charge in [-0.05, 0) is 26.0 Å². The van der Waals surface area contributed by atoms with Crippen molar-refractivity contribution in [3.8, 4) is 0 Å². The van der Waals surface area contributed by atoms with Gasteiger partial charge in [0.15, 0.2) is 7.05 Å². The van der Waals surface area contributed by atoms with Crippen LogP contribution >= 0.6 is 11.6 Å². The summed E-state index contributed by atoms with van der Waals surface area (Å²) in [6.07, 6.45) is 0. The number of rotatable bonds is 1. The summed E-state index contributed by atoms with van der Waals surface area (Å²) in [5, 5.41) is 0.635. The van der Waals surface area contributed by atoms with Gasteiger partial charge in [-0.3, -0.25) is 4.79 Å². The number of aromatic nitrogens is 3. The predicted molar refractivity (Wildman–Crippen MR) is 90.8 cm³/mol. The number of carbonyl (C=O) groups excluding carboxylic acids is 1. The zero-order valence-electron chi connectivity index (χ0n) is 14.2. The molecule has 0 spiro atoms. The van der Waals surface area contributed by atoms with Crippen LogP contribution in [0.4, 0.5) is 4.39 Å². The van der Waals surface area contributed by atoms with Crippen LogP contribution in [0.5, 0.6) is 0 Å². The highest BCUT2D eigenvalue weighted by Gasteiger charge is 2.37. The molecule has 5 nitrogen and oxygen atoms in total. The van der Waals surface area contributed by atoms with Crippen molar-refractivity contribution < 1.29 is 13.9 Å². The molecule has 25 heavy (non-hydrogen) atoms. The van der Waals surface area contributed by atoms with Crippen LogP contribution in [-0.2, 0) is 20.1 Å². The molecule has 1 aromatic carbocycles. The number of hydrogen-bond acceptors (Lipinski definition) is 2. The molecule has 4 rings (SSSR count). The van der Waals surface area contributed by atoms with E-state index in [9.17, 15) is 9.18 Å². The zero-order valence-corrected chi connectivity index (χ0v) is 14.9. The lowest BCUT2D eigenvalue weighted by Crippen LogP contribution is -2.41. The molecule has 3 heterocycles. The Hall–Kier alpha value is -2.47. The summed E-state index contributed by atoms with van der Waals surface area (Å²) in [7, 11) is 1.92. The van der Waals surface area contributed by atoms with Crippen molar-refractivity contribution in [1.82, 2.24) is 14.4 Å². The second-order valence-electron chi connectivity index (χ2n) is 6.32. The van der Waals surface area contributed by atoms with Gasteiger partial charge >= 0.3 is 0 Å². The Bertz CT molecular complexity index is 1040. The van der Waals surface area contributed by atoms with Crippen molar-refractivity contribution in [3.05, 3.63) is 63.3 Å². The Morgan fingerprint density at radius 3 is 2.72 bits per heavy atom. The third-order valence-electron chi connectivity index (χ3n) is 4.82. The summed E-state index contributed by atoms with van der Waals surface area (Å²) in [5.41, 5.74) is 4.52. The van der Waals surface area contributed by atoms with Gasteiger partial charge in [-0.15, -0.1) is 9.20 Å². The lowest BCUT2D eigenvalue weighted by atomic mass is 10.2. The molecule has 0 aliphatic carbocycles. The molecule has 2 aromatic heterocycles. The summed E-state index contributed by atoms with van der Waals surface area (Å²) < 4.78 is 17.9. The van der Waals surface area contributed by atoms with Crippen molar-refractivity contribution in [2.24, 2.45) is 7.05 Å². The van der Waals surface area contributed by atoms with Crippen LogP contribution in [0.3, 0.4) is 0 Å². The fourth-order valence-electron chi connectivity index (χ4n) is 3.51. The first kappa shape index (κ1) is 16.0. The van der Waals surface area contributed by atoms with Gasteiger partial charge in [-0.25, -0.2) is 9.37 Å². The number of fused-ring (bicyclic) bond motifs is 3. The number of amides is 1. The molecule has 7 heteroatoms. The van der Waals surface area contributed by atoms with E-state index in [-0.39, 0.29) is 11.5 Å². The summed E-state index contributed by atoms with van der Waals surface area (Å²) in [5.74, 6) is -0.811. The summed E-state index contributed by atoms with van der Waals surface area (Å²) >= 11 is 6.33. The highest BCUT2D eigenvalue weighted by Crippen LogP contribution is 2.29. The quantitative estimate of drug-likeness (QED) is 0.627. The number of benzene rings is 1. The first-order valence-corrected chi connectivity index (χ1v) is 8.37. The first-order chi connectivity index (χ1) is 11.9. The molecule has 0 unspecified atom stereocenters. The summed E-state index contributed by atoms with van der Waals surface area (Å²) in [6.45, 7) is 4.63. The van der Waals surface area contributed by atoms with Gasteiger partial charge in [0, 0.05) is 0 Å². The minimum Gasteiger partial charge on any atom is -0.323 e. The molecular formula is C18H17ClFN4O+. The van der Waals surface area contributed by atoms with Crippen molar-refractivity contribution >= 4 is 23.2 Å². The Kier molecular flexibility index (Phi) is 3.54. The van der Waals surface area contributed by atoms with Gasteiger partial charge in [-0.2, -0.15) is 0 Å². The molecular weight excluding hydrogens is 343 g/mol. The van der Waals surface area contributed by atoms with E-state index < -0.39 is 5.82 Å². The van der Waals surface area contributed by atoms with Crippen LogP contribution in [0.2, 0.25) is 5.02 Å². The average molecular weight is 360 g/mol. The smallest absolute Gasteiger partial charge is 0.257 e. The van der Waals surface area contributed by atoms with Gasteiger partial charge < -0.3 is 4.90 Å². The lowest BCUT2D eigenvalue weighted by Gasteiger charge is -2.15. The van der Waals surface area contributed by atoms with E-state index in [1.807, 2.05) is 30.1 Å². The van der Waals surface area contributed by atoms with E-state index in [4.69, 9.17) is 11.6 Å². The maximum atomic E-state index is 13.9. The molecule has 0 atom stereocenters. The van der Waals surface area contributed by atoms with Gasteiger partial charge in [0.1, 0.15) is 18.1 Å². The SMILES string of the molecule is Cc1nc2c3c([n+](C)n2c(C)c1Cl)CN(C(=O)c1ccccc1F)C3.